The predicted octanol–water partition coefficient (Wildman–Crippen LogP) is 4.01. The number of benzene rings is 1. The lowest BCUT2D eigenvalue weighted by atomic mass is 10.2. The first kappa shape index (κ1) is 21.0. The Morgan fingerprint density at radius 3 is 2.57 bits per heavy atom. The number of nitrogens with one attached hydrogen (secondary N) is 2. The van der Waals surface area contributed by atoms with Crippen LogP contribution in [0.15, 0.2) is 54.9 Å². The van der Waals surface area contributed by atoms with Gasteiger partial charge in [-0.1, -0.05) is 6.07 Å². The number of hydrogen-bond acceptors (Lipinski definition) is 6. The second-order valence-corrected chi connectivity index (χ2v) is 6.18. The number of nitrogens with zero attached hydrogens (tertiary/aromatic N) is 3. The number of anilines is 2. The molecule has 0 fully saturated rings. The van der Waals surface area contributed by atoms with Crippen LogP contribution >= 0.6 is 0 Å². The second kappa shape index (κ2) is 9.21. The Kier molecular flexibility index (Phi) is 6.45. The molecular weight excluding hydrogens is 399 g/mol. The van der Waals surface area contributed by atoms with Crippen LogP contribution in [0.2, 0.25) is 0 Å². The lowest BCUT2D eigenvalue weighted by molar-refractivity contribution is -0.141. The highest BCUT2D eigenvalue weighted by Crippen LogP contribution is 2.30. The van der Waals surface area contributed by atoms with Gasteiger partial charge in [0, 0.05) is 42.7 Å². The van der Waals surface area contributed by atoms with Gasteiger partial charge in [-0.2, -0.15) is 13.2 Å². The van der Waals surface area contributed by atoms with Gasteiger partial charge in [0.1, 0.15) is 18.2 Å². The molecule has 10 heteroatoms. The zero-order valence-electron chi connectivity index (χ0n) is 15.9. The molecule has 2 aromatic heterocycles. The Labute approximate surface area is 170 Å². The highest BCUT2D eigenvalue weighted by molar-refractivity contribution is 5.88. The van der Waals surface area contributed by atoms with Gasteiger partial charge < -0.3 is 15.4 Å². The minimum Gasteiger partial charge on any atom is -0.492 e. The van der Waals surface area contributed by atoms with E-state index in [2.05, 4.69) is 25.6 Å². The van der Waals surface area contributed by atoms with E-state index in [9.17, 15) is 18.0 Å². The molecule has 3 rings (SSSR count). The predicted molar refractivity (Wildman–Crippen MR) is 105 cm³/mol. The topological polar surface area (TPSA) is 89.0 Å². The monoisotopic (exact) mass is 417 g/mol. The SMILES string of the molecule is CC(=O)Nc1cccc(OCCNc2cc(C(F)(F)F)nc(-c3ccncc3)n2)c1. The van der Waals surface area contributed by atoms with Gasteiger partial charge in [0.05, 0.1) is 6.54 Å². The molecule has 0 radical (unpaired) electrons. The van der Waals surface area contributed by atoms with Crippen molar-refractivity contribution in [3.05, 3.63) is 60.6 Å². The smallest absolute Gasteiger partial charge is 0.433 e. The van der Waals surface area contributed by atoms with Crippen molar-refractivity contribution in [1.29, 1.82) is 0 Å². The van der Waals surface area contributed by atoms with Gasteiger partial charge in [0.25, 0.3) is 0 Å². The number of alkyl halides is 3. The normalized spacial score (nSPS) is 11.1. The molecule has 7 nitrogen and oxygen atoms in total. The molecule has 0 bridgehead atoms. The summed E-state index contributed by atoms with van der Waals surface area (Å²) in [6, 6.07) is 10.7. The van der Waals surface area contributed by atoms with E-state index < -0.39 is 11.9 Å². The summed E-state index contributed by atoms with van der Waals surface area (Å²) >= 11 is 0. The van der Waals surface area contributed by atoms with Crippen LogP contribution in [0.25, 0.3) is 11.4 Å². The van der Waals surface area contributed by atoms with E-state index in [0.717, 1.165) is 6.07 Å². The van der Waals surface area contributed by atoms with E-state index >= 15 is 0 Å². The third-order valence-corrected chi connectivity index (χ3v) is 3.79. The maximum atomic E-state index is 13.2. The van der Waals surface area contributed by atoms with Gasteiger partial charge in [0.15, 0.2) is 11.5 Å². The second-order valence-electron chi connectivity index (χ2n) is 6.18. The molecule has 156 valence electrons. The average Bonchev–Trinajstić information content (AvgIpc) is 2.71. The Hall–Kier alpha value is -3.69. The summed E-state index contributed by atoms with van der Waals surface area (Å²) in [5, 5.41) is 5.46. The van der Waals surface area contributed by atoms with Crippen molar-refractivity contribution in [3.8, 4) is 17.1 Å². The van der Waals surface area contributed by atoms with Crippen molar-refractivity contribution in [2.75, 3.05) is 23.8 Å². The quantitative estimate of drug-likeness (QED) is 0.565. The number of rotatable bonds is 7. The van der Waals surface area contributed by atoms with Crippen LogP contribution in [0.3, 0.4) is 0 Å². The number of aromatic nitrogens is 3. The molecule has 2 heterocycles. The number of ether oxygens (including phenoxy) is 1. The first-order chi connectivity index (χ1) is 14.3. The fourth-order valence-electron chi connectivity index (χ4n) is 2.53. The lowest BCUT2D eigenvalue weighted by Gasteiger charge is -2.13. The molecule has 0 aliphatic rings. The molecule has 30 heavy (non-hydrogen) atoms. The van der Waals surface area contributed by atoms with E-state index in [-0.39, 0.29) is 30.7 Å². The number of amides is 1. The van der Waals surface area contributed by atoms with Crippen molar-refractivity contribution in [1.82, 2.24) is 15.0 Å². The number of hydrogen-bond donors (Lipinski definition) is 2. The van der Waals surface area contributed by atoms with E-state index in [0.29, 0.717) is 17.0 Å². The molecule has 0 atom stereocenters. The Balaban J connectivity index is 1.67. The van der Waals surface area contributed by atoms with E-state index in [1.54, 1.807) is 24.3 Å². The first-order valence-corrected chi connectivity index (χ1v) is 8.92. The molecule has 2 N–H and O–H groups in total. The van der Waals surface area contributed by atoms with Crippen molar-refractivity contribution in [3.63, 3.8) is 0 Å². The van der Waals surface area contributed by atoms with E-state index in [1.165, 1.54) is 31.5 Å². The summed E-state index contributed by atoms with van der Waals surface area (Å²) in [5.74, 6) is 0.278. The Morgan fingerprint density at radius 1 is 1.10 bits per heavy atom. The van der Waals surface area contributed by atoms with Gasteiger partial charge in [-0.3, -0.25) is 9.78 Å². The maximum absolute atomic E-state index is 13.2. The van der Waals surface area contributed by atoms with Gasteiger partial charge in [-0.15, -0.1) is 0 Å². The molecule has 3 aromatic rings. The maximum Gasteiger partial charge on any atom is 0.433 e. The Morgan fingerprint density at radius 2 is 1.87 bits per heavy atom. The first-order valence-electron chi connectivity index (χ1n) is 8.92. The molecular formula is C20H18F3N5O2. The molecule has 1 amide bonds. The fraction of sp³-hybridized carbons (Fsp3) is 0.200. The van der Waals surface area contributed by atoms with Crippen LogP contribution in [0.5, 0.6) is 5.75 Å². The largest absolute Gasteiger partial charge is 0.492 e. The standard InChI is InChI=1S/C20H18F3N5O2/c1-13(29)26-15-3-2-4-16(11-15)30-10-9-25-18-12-17(20(21,22)23)27-19(28-18)14-5-7-24-8-6-14/h2-8,11-12H,9-10H2,1H3,(H,26,29)(H,25,27,28). The molecule has 0 aliphatic heterocycles. The van der Waals surface area contributed by atoms with Crippen molar-refractivity contribution in [2.45, 2.75) is 13.1 Å². The summed E-state index contributed by atoms with van der Waals surface area (Å²) < 4.78 is 45.2. The Bertz CT molecular complexity index is 1010. The fourth-order valence-corrected chi connectivity index (χ4v) is 2.53. The van der Waals surface area contributed by atoms with E-state index in [1.807, 2.05) is 0 Å². The third kappa shape index (κ3) is 5.90. The van der Waals surface area contributed by atoms with Crippen LogP contribution in [0, 0.1) is 0 Å². The van der Waals surface area contributed by atoms with Crippen LogP contribution in [0.1, 0.15) is 12.6 Å². The minimum atomic E-state index is -4.61. The number of pyridine rings is 1. The van der Waals surface area contributed by atoms with Crippen molar-refractivity contribution >= 4 is 17.4 Å². The van der Waals surface area contributed by atoms with Crippen LogP contribution < -0.4 is 15.4 Å². The van der Waals surface area contributed by atoms with Crippen LogP contribution in [-0.4, -0.2) is 34.0 Å². The van der Waals surface area contributed by atoms with Gasteiger partial charge in [0.2, 0.25) is 5.91 Å². The molecule has 0 unspecified atom stereocenters. The van der Waals surface area contributed by atoms with Crippen molar-refractivity contribution in [2.24, 2.45) is 0 Å². The number of carbonyl (C=O) groups is 1. The zero-order chi connectivity index (χ0) is 21.6. The lowest BCUT2D eigenvalue weighted by Crippen LogP contribution is -2.15. The molecule has 0 spiro atoms. The summed E-state index contributed by atoms with van der Waals surface area (Å²) in [4.78, 5) is 22.7. The summed E-state index contributed by atoms with van der Waals surface area (Å²) in [7, 11) is 0. The minimum absolute atomic E-state index is 0.0275. The zero-order valence-corrected chi connectivity index (χ0v) is 15.9. The van der Waals surface area contributed by atoms with Crippen molar-refractivity contribution < 1.29 is 22.7 Å². The number of carbonyl (C=O) groups excluding carboxylic acids is 1. The summed E-state index contributed by atoms with van der Waals surface area (Å²) in [5.41, 5.74) is -0.0403. The summed E-state index contributed by atoms with van der Waals surface area (Å²) in [6.07, 6.45) is -1.70. The van der Waals surface area contributed by atoms with E-state index in [4.69, 9.17) is 4.74 Å². The van der Waals surface area contributed by atoms with Gasteiger partial charge in [-0.05, 0) is 24.3 Å². The molecule has 0 saturated carbocycles. The highest BCUT2D eigenvalue weighted by Gasteiger charge is 2.33. The highest BCUT2D eigenvalue weighted by atomic mass is 19.4. The number of halogens is 3. The molecule has 1 aromatic carbocycles. The van der Waals surface area contributed by atoms with Crippen LogP contribution in [0.4, 0.5) is 24.7 Å². The van der Waals surface area contributed by atoms with Crippen LogP contribution in [-0.2, 0) is 11.0 Å². The van der Waals surface area contributed by atoms with Gasteiger partial charge >= 0.3 is 6.18 Å². The summed E-state index contributed by atoms with van der Waals surface area (Å²) in [6.45, 7) is 1.77. The molecule has 0 saturated heterocycles. The van der Waals surface area contributed by atoms with Gasteiger partial charge in [-0.25, -0.2) is 9.97 Å². The molecule has 0 aliphatic carbocycles. The third-order valence-electron chi connectivity index (χ3n) is 3.79. The average molecular weight is 417 g/mol.